The Morgan fingerprint density at radius 3 is 2.67 bits per heavy atom. The van der Waals surface area contributed by atoms with E-state index in [2.05, 4.69) is 30.8 Å². The molecular weight excluding hydrogens is 202 g/mol. The van der Waals surface area contributed by atoms with Crippen molar-refractivity contribution in [1.82, 2.24) is 0 Å². The number of hydrogen-bond donors (Lipinski definition) is 1. The van der Waals surface area contributed by atoms with Gasteiger partial charge in [-0.2, -0.15) is 0 Å². The van der Waals surface area contributed by atoms with Crippen LogP contribution in [-0.2, 0) is 0 Å². The zero-order valence-corrected chi connectivity index (χ0v) is 9.68. The van der Waals surface area contributed by atoms with Gasteiger partial charge in [-0.05, 0) is 30.5 Å². The number of nitrogens with one attached hydrogen (secondary N) is 1. The fraction of sp³-hybridized carbons (Fsp3) is 0.0769. The maximum absolute atomic E-state index is 3.75. The largest absolute Gasteiger partial charge is 0.355 e. The SMILES string of the molecule is C=C/C=C(\C=C)Nc1ccccc1SC. The van der Waals surface area contributed by atoms with Crippen LogP contribution < -0.4 is 5.32 Å². The van der Waals surface area contributed by atoms with Gasteiger partial charge in [0.15, 0.2) is 0 Å². The highest BCUT2D eigenvalue weighted by atomic mass is 32.2. The Morgan fingerprint density at radius 2 is 2.07 bits per heavy atom. The molecule has 0 fully saturated rings. The molecule has 1 nitrogen and oxygen atoms in total. The number of para-hydroxylation sites is 1. The molecule has 1 rings (SSSR count). The average Bonchev–Trinajstić information content (AvgIpc) is 2.29. The molecule has 1 aromatic rings. The lowest BCUT2D eigenvalue weighted by Crippen LogP contribution is -1.97. The molecule has 0 saturated carbocycles. The van der Waals surface area contributed by atoms with Crippen LogP contribution in [0.1, 0.15) is 0 Å². The Bertz CT molecular complexity index is 380. The van der Waals surface area contributed by atoms with E-state index >= 15 is 0 Å². The minimum atomic E-state index is 0.950. The van der Waals surface area contributed by atoms with Crippen LogP contribution in [0.4, 0.5) is 5.69 Å². The normalized spacial score (nSPS) is 10.9. The van der Waals surface area contributed by atoms with Crippen molar-refractivity contribution in [2.45, 2.75) is 4.90 Å². The van der Waals surface area contributed by atoms with E-state index in [1.807, 2.05) is 24.3 Å². The quantitative estimate of drug-likeness (QED) is 0.589. The van der Waals surface area contributed by atoms with Gasteiger partial charge in [0, 0.05) is 10.6 Å². The molecule has 0 atom stereocenters. The van der Waals surface area contributed by atoms with Crippen LogP contribution >= 0.6 is 11.8 Å². The standard InChI is InChI=1S/C13H15NS/c1-4-8-11(5-2)14-12-9-6-7-10-13(12)15-3/h4-10,14H,1-2H2,3H3/b11-8+. The average molecular weight is 217 g/mol. The maximum atomic E-state index is 3.75. The van der Waals surface area contributed by atoms with E-state index in [0.717, 1.165) is 11.4 Å². The molecule has 2 heteroatoms. The first-order valence-electron chi connectivity index (χ1n) is 4.67. The lowest BCUT2D eigenvalue weighted by molar-refractivity contribution is 1.38. The summed E-state index contributed by atoms with van der Waals surface area (Å²) in [5.41, 5.74) is 2.05. The first-order chi connectivity index (χ1) is 7.31. The molecule has 0 radical (unpaired) electrons. The highest BCUT2D eigenvalue weighted by Crippen LogP contribution is 2.25. The molecule has 0 unspecified atom stereocenters. The van der Waals surface area contributed by atoms with Crippen LogP contribution in [0.25, 0.3) is 0 Å². The van der Waals surface area contributed by atoms with Gasteiger partial charge in [0.05, 0.1) is 5.69 Å². The maximum Gasteiger partial charge on any atom is 0.0522 e. The molecule has 0 saturated heterocycles. The van der Waals surface area contributed by atoms with Crippen LogP contribution in [0.15, 0.2) is 66.2 Å². The van der Waals surface area contributed by atoms with Gasteiger partial charge in [0.2, 0.25) is 0 Å². The lowest BCUT2D eigenvalue weighted by atomic mass is 10.3. The molecule has 1 N–H and O–H groups in total. The molecule has 0 spiro atoms. The summed E-state index contributed by atoms with van der Waals surface area (Å²) in [5.74, 6) is 0. The molecule has 1 aromatic carbocycles. The minimum Gasteiger partial charge on any atom is -0.355 e. The summed E-state index contributed by atoms with van der Waals surface area (Å²) in [5, 5.41) is 3.30. The third kappa shape index (κ3) is 3.33. The molecule has 78 valence electrons. The number of benzene rings is 1. The van der Waals surface area contributed by atoms with Crippen molar-refractivity contribution < 1.29 is 0 Å². The van der Waals surface area contributed by atoms with E-state index in [1.165, 1.54) is 4.90 Å². The van der Waals surface area contributed by atoms with Gasteiger partial charge < -0.3 is 5.32 Å². The first kappa shape index (κ1) is 11.7. The van der Waals surface area contributed by atoms with E-state index in [-0.39, 0.29) is 0 Å². The van der Waals surface area contributed by atoms with Crippen LogP contribution in [0.5, 0.6) is 0 Å². The topological polar surface area (TPSA) is 12.0 Å². The molecule has 0 bridgehead atoms. The summed E-state index contributed by atoms with van der Waals surface area (Å²) in [6.07, 6.45) is 7.47. The highest BCUT2D eigenvalue weighted by molar-refractivity contribution is 7.98. The monoisotopic (exact) mass is 217 g/mol. The summed E-state index contributed by atoms with van der Waals surface area (Å²) < 4.78 is 0. The molecular formula is C13H15NS. The third-order valence-electron chi connectivity index (χ3n) is 1.90. The third-order valence-corrected chi connectivity index (χ3v) is 2.70. The summed E-state index contributed by atoms with van der Waals surface area (Å²) >= 11 is 1.72. The van der Waals surface area contributed by atoms with Gasteiger partial charge in [-0.25, -0.2) is 0 Å². The lowest BCUT2D eigenvalue weighted by Gasteiger charge is -2.10. The summed E-state index contributed by atoms with van der Waals surface area (Å²) in [6, 6.07) is 8.17. The molecule has 0 aromatic heterocycles. The number of rotatable bonds is 5. The predicted octanol–water partition coefficient (Wildman–Crippen LogP) is 4.08. The Labute approximate surface area is 95.6 Å². The molecule has 0 heterocycles. The van der Waals surface area contributed by atoms with Crippen molar-refractivity contribution in [3.05, 3.63) is 61.3 Å². The number of anilines is 1. The van der Waals surface area contributed by atoms with Crippen molar-refractivity contribution in [3.8, 4) is 0 Å². The van der Waals surface area contributed by atoms with Crippen LogP contribution in [0, 0.1) is 0 Å². The van der Waals surface area contributed by atoms with E-state index < -0.39 is 0 Å². The van der Waals surface area contributed by atoms with Gasteiger partial charge in [-0.1, -0.05) is 31.4 Å². The minimum absolute atomic E-state index is 0.950. The number of thioether (sulfide) groups is 1. The van der Waals surface area contributed by atoms with Crippen LogP contribution in [0.3, 0.4) is 0 Å². The second-order valence-corrected chi connectivity index (χ2v) is 3.74. The second kappa shape index (κ2) is 6.14. The van der Waals surface area contributed by atoms with Gasteiger partial charge in [0.25, 0.3) is 0 Å². The van der Waals surface area contributed by atoms with Crippen molar-refractivity contribution >= 4 is 17.4 Å². The van der Waals surface area contributed by atoms with Gasteiger partial charge >= 0.3 is 0 Å². The fourth-order valence-corrected chi connectivity index (χ4v) is 1.74. The summed E-state index contributed by atoms with van der Waals surface area (Å²) in [6.45, 7) is 7.41. The Hall–Kier alpha value is -1.41. The Morgan fingerprint density at radius 1 is 1.33 bits per heavy atom. The zero-order valence-electron chi connectivity index (χ0n) is 8.86. The number of allylic oxidation sites excluding steroid dienone is 3. The zero-order chi connectivity index (χ0) is 11.1. The Kier molecular flexibility index (Phi) is 4.78. The first-order valence-corrected chi connectivity index (χ1v) is 5.89. The second-order valence-electron chi connectivity index (χ2n) is 2.89. The van der Waals surface area contributed by atoms with Gasteiger partial charge in [-0.15, -0.1) is 11.8 Å². The predicted molar refractivity (Wildman–Crippen MR) is 70.3 cm³/mol. The van der Waals surface area contributed by atoms with E-state index in [0.29, 0.717) is 0 Å². The van der Waals surface area contributed by atoms with E-state index in [9.17, 15) is 0 Å². The number of hydrogen-bond acceptors (Lipinski definition) is 2. The highest BCUT2D eigenvalue weighted by Gasteiger charge is 1.99. The fourth-order valence-electron chi connectivity index (χ4n) is 1.19. The van der Waals surface area contributed by atoms with Crippen molar-refractivity contribution in [2.75, 3.05) is 11.6 Å². The van der Waals surface area contributed by atoms with E-state index in [1.54, 1.807) is 23.9 Å². The van der Waals surface area contributed by atoms with Gasteiger partial charge in [0.1, 0.15) is 0 Å². The summed E-state index contributed by atoms with van der Waals surface area (Å²) in [7, 11) is 0. The summed E-state index contributed by atoms with van der Waals surface area (Å²) in [4.78, 5) is 1.22. The molecule has 15 heavy (non-hydrogen) atoms. The van der Waals surface area contributed by atoms with Crippen molar-refractivity contribution in [1.29, 1.82) is 0 Å². The Balaban J connectivity index is 2.92. The van der Waals surface area contributed by atoms with Crippen LogP contribution in [0.2, 0.25) is 0 Å². The molecule has 0 aliphatic carbocycles. The molecule has 0 aliphatic heterocycles. The molecule has 0 amide bonds. The van der Waals surface area contributed by atoms with E-state index in [4.69, 9.17) is 0 Å². The van der Waals surface area contributed by atoms with Gasteiger partial charge in [-0.3, -0.25) is 0 Å². The van der Waals surface area contributed by atoms with Crippen LogP contribution in [-0.4, -0.2) is 6.26 Å². The van der Waals surface area contributed by atoms with Crippen molar-refractivity contribution in [2.24, 2.45) is 0 Å². The molecule has 0 aliphatic rings. The van der Waals surface area contributed by atoms with Crippen molar-refractivity contribution in [3.63, 3.8) is 0 Å². The smallest absolute Gasteiger partial charge is 0.0522 e.